The highest BCUT2D eigenvalue weighted by Crippen LogP contribution is 2.63. The van der Waals surface area contributed by atoms with Gasteiger partial charge in [0, 0.05) is 16.9 Å². The fourth-order valence-electron chi connectivity index (χ4n) is 2.77. The Hall–Kier alpha value is -1.49. The molecule has 1 heterocycles. The van der Waals surface area contributed by atoms with Gasteiger partial charge in [0.1, 0.15) is 10.7 Å². The lowest BCUT2D eigenvalue weighted by Gasteiger charge is -2.17. The monoisotopic (exact) mass is 375 g/mol. The Morgan fingerprint density at radius 3 is 2.29 bits per heavy atom. The molecule has 0 saturated heterocycles. The third kappa shape index (κ3) is 3.18. The second-order valence-corrected chi connectivity index (χ2v) is 8.49. The molecule has 1 aliphatic rings. The molecule has 0 amide bonds. The molecule has 4 rings (SSSR count). The van der Waals surface area contributed by atoms with Crippen LogP contribution < -0.4 is 0 Å². The molecule has 0 radical (unpaired) electrons. The first-order valence-corrected chi connectivity index (χ1v) is 9.33. The third-order valence-corrected chi connectivity index (χ3v) is 6.36. The number of halogens is 2. The lowest BCUT2D eigenvalue weighted by molar-refractivity contribution is 0.782. The normalized spacial score (nSPS) is 19.8. The predicted octanol–water partition coefficient (Wildman–Crippen LogP) is 5.29. The van der Waals surface area contributed by atoms with Crippen molar-refractivity contribution in [2.24, 2.45) is 5.92 Å². The molecule has 122 valence electrons. The van der Waals surface area contributed by atoms with Gasteiger partial charge in [0.05, 0.1) is 0 Å². The maximum Gasteiger partial charge on any atom is 0.196 e. The fraction of sp³-hybridized carbons (Fsp3) is 0.222. The lowest BCUT2D eigenvalue weighted by atomic mass is 10.1. The van der Waals surface area contributed by atoms with Gasteiger partial charge in [0.2, 0.25) is 0 Å². The van der Waals surface area contributed by atoms with Crippen LogP contribution in [0.2, 0.25) is 0 Å². The van der Waals surface area contributed by atoms with Crippen molar-refractivity contribution in [3.05, 3.63) is 72.6 Å². The second-order valence-electron chi connectivity index (χ2n) is 5.84. The van der Waals surface area contributed by atoms with Gasteiger partial charge >= 0.3 is 0 Å². The molecule has 1 aliphatic carbocycles. The predicted molar refractivity (Wildman–Crippen MR) is 98.9 cm³/mol. The summed E-state index contributed by atoms with van der Waals surface area (Å²) in [7, 11) is 0. The molecule has 0 bridgehead atoms. The summed E-state index contributed by atoms with van der Waals surface area (Å²) in [6.45, 7) is 0. The summed E-state index contributed by atoms with van der Waals surface area (Å²) in [4.78, 5) is 0. The van der Waals surface area contributed by atoms with Gasteiger partial charge in [-0.2, -0.15) is 0 Å². The molecule has 2 aromatic carbocycles. The molecule has 2 unspecified atom stereocenters. The molecule has 0 N–H and O–H groups in total. The van der Waals surface area contributed by atoms with Crippen molar-refractivity contribution in [1.29, 1.82) is 0 Å². The van der Waals surface area contributed by atoms with Crippen LogP contribution in [0.1, 0.15) is 17.2 Å². The standard InChI is InChI=1S/C18H15Cl2N3S/c19-18(20)11-15(18)16(13-7-3-1-4-8-13)24-17-22-21-12-23(17)14-9-5-2-6-10-14/h1-10,12,15-16H,11H2. The van der Waals surface area contributed by atoms with Crippen molar-refractivity contribution >= 4 is 35.0 Å². The molecular formula is C18H15Cl2N3S. The molecule has 24 heavy (non-hydrogen) atoms. The minimum absolute atomic E-state index is 0.146. The van der Waals surface area contributed by atoms with Crippen LogP contribution in [0.5, 0.6) is 0 Å². The summed E-state index contributed by atoms with van der Waals surface area (Å²) in [6.07, 6.45) is 2.53. The smallest absolute Gasteiger partial charge is 0.196 e. The van der Waals surface area contributed by atoms with Crippen LogP contribution in [0.3, 0.4) is 0 Å². The first-order valence-electron chi connectivity index (χ1n) is 7.70. The van der Waals surface area contributed by atoms with Crippen LogP contribution in [0.15, 0.2) is 72.1 Å². The minimum atomic E-state index is -0.648. The summed E-state index contributed by atoms with van der Waals surface area (Å²) in [5, 5.41) is 9.38. The number of alkyl halides is 2. The van der Waals surface area contributed by atoms with Crippen molar-refractivity contribution in [1.82, 2.24) is 14.8 Å². The lowest BCUT2D eigenvalue weighted by Crippen LogP contribution is -2.05. The minimum Gasteiger partial charge on any atom is -0.277 e. The summed E-state index contributed by atoms with van der Waals surface area (Å²) in [5.41, 5.74) is 2.24. The zero-order valence-corrected chi connectivity index (χ0v) is 15.0. The Balaban J connectivity index is 1.66. The number of para-hydroxylation sites is 1. The van der Waals surface area contributed by atoms with Gasteiger partial charge < -0.3 is 0 Å². The number of thioether (sulfide) groups is 1. The number of hydrogen-bond acceptors (Lipinski definition) is 3. The fourth-order valence-corrected chi connectivity index (χ4v) is 4.88. The number of rotatable bonds is 5. The van der Waals surface area contributed by atoms with Gasteiger partial charge in [-0.25, -0.2) is 0 Å². The first-order chi connectivity index (χ1) is 11.6. The van der Waals surface area contributed by atoms with E-state index in [2.05, 4.69) is 22.3 Å². The molecular weight excluding hydrogens is 361 g/mol. The maximum atomic E-state index is 6.36. The molecule has 6 heteroatoms. The molecule has 0 aliphatic heterocycles. The highest BCUT2D eigenvalue weighted by Gasteiger charge is 2.56. The van der Waals surface area contributed by atoms with E-state index >= 15 is 0 Å². The largest absolute Gasteiger partial charge is 0.277 e. The van der Waals surface area contributed by atoms with E-state index in [1.54, 1.807) is 18.1 Å². The zero-order chi connectivity index (χ0) is 16.6. The van der Waals surface area contributed by atoms with Gasteiger partial charge in [-0.05, 0) is 24.1 Å². The second kappa shape index (κ2) is 6.43. The van der Waals surface area contributed by atoms with Crippen molar-refractivity contribution in [2.45, 2.75) is 21.2 Å². The molecule has 0 spiro atoms. The number of nitrogens with zero attached hydrogens (tertiary/aromatic N) is 3. The Morgan fingerprint density at radius 1 is 1.04 bits per heavy atom. The van der Waals surface area contributed by atoms with Crippen LogP contribution >= 0.6 is 35.0 Å². The Kier molecular flexibility index (Phi) is 4.29. The van der Waals surface area contributed by atoms with Crippen LogP contribution in [-0.2, 0) is 0 Å². The van der Waals surface area contributed by atoms with Crippen molar-refractivity contribution < 1.29 is 0 Å². The van der Waals surface area contributed by atoms with E-state index in [1.807, 2.05) is 53.1 Å². The summed E-state index contributed by atoms with van der Waals surface area (Å²) >= 11 is 14.4. The van der Waals surface area contributed by atoms with Gasteiger partial charge in [-0.15, -0.1) is 33.4 Å². The van der Waals surface area contributed by atoms with Crippen LogP contribution in [0, 0.1) is 5.92 Å². The highest BCUT2D eigenvalue weighted by molar-refractivity contribution is 7.99. The number of hydrogen-bond donors (Lipinski definition) is 0. The summed E-state index contributed by atoms with van der Waals surface area (Å²) in [6, 6.07) is 20.4. The number of benzene rings is 2. The molecule has 1 aromatic heterocycles. The average molecular weight is 376 g/mol. The quantitative estimate of drug-likeness (QED) is 0.448. The molecule has 1 fully saturated rings. The highest BCUT2D eigenvalue weighted by atomic mass is 35.5. The molecule has 1 saturated carbocycles. The van der Waals surface area contributed by atoms with Gasteiger partial charge in [-0.3, -0.25) is 4.57 Å². The van der Waals surface area contributed by atoms with E-state index in [9.17, 15) is 0 Å². The molecule has 3 aromatic rings. The van der Waals surface area contributed by atoms with E-state index in [1.165, 1.54) is 5.56 Å². The third-order valence-electron chi connectivity index (χ3n) is 4.15. The van der Waals surface area contributed by atoms with Crippen LogP contribution in [0.25, 0.3) is 5.69 Å². The van der Waals surface area contributed by atoms with Gasteiger partial charge in [-0.1, -0.05) is 60.3 Å². The van der Waals surface area contributed by atoms with E-state index in [4.69, 9.17) is 23.2 Å². The first kappa shape index (κ1) is 16.0. The Bertz CT molecular complexity index is 821. The van der Waals surface area contributed by atoms with Crippen molar-refractivity contribution in [2.75, 3.05) is 0 Å². The topological polar surface area (TPSA) is 30.7 Å². The SMILES string of the molecule is ClC1(Cl)CC1C(Sc1nncn1-c1ccccc1)c1ccccc1. The van der Waals surface area contributed by atoms with E-state index < -0.39 is 4.33 Å². The van der Waals surface area contributed by atoms with E-state index in [0.717, 1.165) is 17.3 Å². The maximum absolute atomic E-state index is 6.36. The van der Waals surface area contributed by atoms with Crippen LogP contribution in [-0.4, -0.2) is 19.1 Å². The Labute approximate surface area is 155 Å². The van der Waals surface area contributed by atoms with E-state index in [-0.39, 0.29) is 11.2 Å². The van der Waals surface area contributed by atoms with Crippen molar-refractivity contribution in [3.8, 4) is 5.69 Å². The molecule has 2 atom stereocenters. The summed E-state index contributed by atoms with van der Waals surface area (Å²) < 4.78 is 1.35. The van der Waals surface area contributed by atoms with Gasteiger partial charge in [0.15, 0.2) is 5.16 Å². The zero-order valence-electron chi connectivity index (χ0n) is 12.7. The average Bonchev–Trinajstić information content (AvgIpc) is 3.03. The van der Waals surface area contributed by atoms with E-state index in [0.29, 0.717) is 0 Å². The Morgan fingerprint density at radius 2 is 1.67 bits per heavy atom. The van der Waals surface area contributed by atoms with Crippen LogP contribution in [0.4, 0.5) is 0 Å². The molecule has 3 nitrogen and oxygen atoms in total. The van der Waals surface area contributed by atoms with Crippen molar-refractivity contribution in [3.63, 3.8) is 0 Å². The van der Waals surface area contributed by atoms with Gasteiger partial charge in [0.25, 0.3) is 0 Å². The number of aromatic nitrogens is 3. The summed E-state index contributed by atoms with van der Waals surface area (Å²) in [5.74, 6) is 0.203.